The molecule has 2 rings (SSSR count). The van der Waals surface area contributed by atoms with E-state index >= 15 is 0 Å². The first-order valence-electron chi connectivity index (χ1n) is 4.83. The molecule has 0 atom stereocenters. The lowest BCUT2D eigenvalue weighted by molar-refractivity contribution is 0.986. The number of fused-ring (bicyclic) bond motifs is 1. The molecule has 2 heteroatoms. The van der Waals surface area contributed by atoms with Gasteiger partial charge in [-0.05, 0) is 30.5 Å². The second-order valence-electron chi connectivity index (χ2n) is 3.05. The van der Waals surface area contributed by atoms with E-state index in [1.807, 2.05) is 6.92 Å². The van der Waals surface area contributed by atoms with Crippen LogP contribution in [0.25, 0.3) is 6.08 Å². The summed E-state index contributed by atoms with van der Waals surface area (Å²) in [6, 6.07) is 8.58. The summed E-state index contributed by atoms with van der Waals surface area (Å²) < 4.78 is 0. The Morgan fingerprint density at radius 2 is 1.93 bits per heavy atom. The fourth-order valence-corrected chi connectivity index (χ4v) is 1.37. The normalized spacial score (nSPS) is 11.9. The molecule has 0 aliphatic heterocycles. The van der Waals surface area contributed by atoms with E-state index in [1.165, 1.54) is 24.0 Å². The molecule has 1 nitrogen and oxygen atoms in total. The van der Waals surface area contributed by atoms with Crippen LogP contribution in [0.4, 0.5) is 0 Å². The van der Waals surface area contributed by atoms with Crippen LogP contribution in [0.1, 0.15) is 24.5 Å². The fourth-order valence-electron chi connectivity index (χ4n) is 1.37. The van der Waals surface area contributed by atoms with Crippen molar-refractivity contribution in [2.24, 2.45) is 5.73 Å². The van der Waals surface area contributed by atoms with Gasteiger partial charge in [0.25, 0.3) is 0 Å². The number of rotatable bonds is 0. The van der Waals surface area contributed by atoms with E-state index < -0.39 is 0 Å². The van der Waals surface area contributed by atoms with Gasteiger partial charge in [0.2, 0.25) is 0 Å². The van der Waals surface area contributed by atoms with E-state index in [0.29, 0.717) is 0 Å². The van der Waals surface area contributed by atoms with Crippen LogP contribution in [0.5, 0.6) is 0 Å². The third-order valence-corrected chi connectivity index (χ3v) is 1.93. The molecule has 0 aromatic heterocycles. The molecule has 0 fully saturated rings. The van der Waals surface area contributed by atoms with Crippen molar-refractivity contribution in [3.63, 3.8) is 0 Å². The molecule has 14 heavy (non-hydrogen) atoms. The average molecular weight is 212 g/mol. The molecule has 1 aliphatic rings. The highest BCUT2D eigenvalue weighted by Crippen LogP contribution is 2.17. The predicted octanol–water partition coefficient (Wildman–Crippen LogP) is 3.03. The molecule has 0 spiro atoms. The molecule has 0 saturated carbocycles. The molecule has 0 unspecified atom stereocenters. The van der Waals surface area contributed by atoms with Gasteiger partial charge in [0.15, 0.2) is 0 Å². The number of benzene rings is 1. The maximum absolute atomic E-state index is 4.85. The Hall–Kier alpha value is -0.790. The summed E-state index contributed by atoms with van der Waals surface area (Å²) in [5, 5.41) is 0. The van der Waals surface area contributed by atoms with Crippen molar-refractivity contribution in [3.05, 3.63) is 41.5 Å². The van der Waals surface area contributed by atoms with Gasteiger partial charge in [0.1, 0.15) is 0 Å². The Morgan fingerprint density at radius 3 is 2.57 bits per heavy atom. The minimum absolute atomic E-state index is 0. The van der Waals surface area contributed by atoms with Crippen molar-refractivity contribution in [1.82, 2.24) is 0 Å². The minimum Gasteiger partial charge on any atom is -0.331 e. The first-order valence-corrected chi connectivity index (χ1v) is 4.83. The van der Waals surface area contributed by atoms with Crippen LogP contribution >= 0.6 is 12.4 Å². The molecule has 1 aliphatic carbocycles. The smallest absolute Gasteiger partial charge is 0.0106 e. The van der Waals surface area contributed by atoms with E-state index in [4.69, 9.17) is 5.73 Å². The Morgan fingerprint density at radius 1 is 1.29 bits per heavy atom. The zero-order valence-corrected chi connectivity index (χ0v) is 9.39. The van der Waals surface area contributed by atoms with Crippen LogP contribution in [0.15, 0.2) is 30.3 Å². The summed E-state index contributed by atoms with van der Waals surface area (Å²) in [4.78, 5) is 0. The van der Waals surface area contributed by atoms with Gasteiger partial charge in [-0.2, -0.15) is 0 Å². The SMILES string of the molecule is C1=Cc2ccccc2CC1.CCN.Cl. The maximum atomic E-state index is 4.85. The highest BCUT2D eigenvalue weighted by Gasteiger charge is 2.00. The Bertz CT molecular complexity index is 281. The van der Waals surface area contributed by atoms with Gasteiger partial charge in [-0.3, -0.25) is 0 Å². The van der Waals surface area contributed by atoms with Crippen molar-refractivity contribution < 1.29 is 0 Å². The number of nitrogens with two attached hydrogens (primary N) is 1. The third-order valence-electron chi connectivity index (χ3n) is 1.93. The number of allylic oxidation sites excluding steroid dienone is 1. The lowest BCUT2D eigenvalue weighted by Gasteiger charge is -2.07. The van der Waals surface area contributed by atoms with Crippen molar-refractivity contribution in [2.45, 2.75) is 19.8 Å². The summed E-state index contributed by atoms with van der Waals surface area (Å²) in [6.07, 6.45) is 6.87. The van der Waals surface area contributed by atoms with Gasteiger partial charge in [-0.25, -0.2) is 0 Å². The van der Waals surface area contributed by atoms with Crippen LogP contribution in [-0.4, -0.2) is 6.54 Å². The highest BCUT2D eigenvalue weighted by atomic mass is 35.5. The number of hydrogen-bond acceptors (Lipinski definition) is 1. The van der Waals surface area contributed by atoms with E-state index in [-0.39, 0.29) is 12.4 Å². The molecule has 0 saturated heterocycles. The quantitative estimate of drug-likeness (QED) is 0.702. The van der Waals surface area contributed by atoms with E-state index in [2.05, 4.69) is 36.4 Å². The van der Waals surface area contributed by atoms with Crippen molar-refractivity contribution in [2.75, 3.05) is 6.54 Å². The number of hydrogen-bond donors (Lipinski definition) is 1. The number of aryl methyl sites for hydroxylation is 1. The first-order chi connectivity index (χ1) is 6.38. The van der Waals surface area contributed by atoms with Crippen LogP contribution in [0, 0.1) is 0 Å². The van der Waals surface area contributed by atoms with E-state index in [1.54, 1.807) is 0 Å². The van der Waals surface area contributed by atoms with Crippen LogP contribution in [0.2, 0.25) is 0 Å². The maximum Gasteiger partial charge on any atom is -0.0106 e. The summed E-state index contributed by atoms with van der Waals surface area (Å²) in [5.41, 5.74) is 7.73. The molecule has 0 heterocycles. The molecular weight excluding hydrogens is 194 g/mol. The highest BCUT2D eigenvalue weighted by molar-refractivity contribution is 5.85. The van der Waals surface area contributed by atoms with Crippen LogP contribution in [-0.2, 0) is 6.42 Å². The molecular formula is C12H18ClN. The van der Waals surface area contributed by atoms with E-state index in [0.717, 1.165) is 6.54 Å². The molecule has 2 N–H and O–H groups in total. The standard InChI is InChI=1S/C10H10.C2H7N.ClH/c1-2-6-10-8-4-3-7-9(10)5-1;1-2-3;/h1-3,5-7H,4,8H2;2-3H2,1H3;1H. The van der Waals surface area contributed by atoms with Crippen molar-refractivity contribution >= 4 is 18.5 Å². The lowest BCUT2D eigenvalue weighted by Crippen LogP contribution is -1.91. The van der Waals surface area contributed by atoms with Gasteiger partial charge in [0.05, 0.1) is 0 Å². The van der Waals surface area contributed by atoms with Gasteiger partial charge < -0.3 is 5.73 Å². The largest absolute Gasteiger partial charge is 0.331 e. The van der Waals surface area contributed by atoms with Crippen LogP contribution < -0.4 is 5.73 Å². The van der Waals surface area contributed by atoms with Gasteiger partial charge in [-0.1, -0.05) is 43.3 Å². The van der Waals surface area contributed by atoms with Gasteiger partial charge in [0, 0.05) is 0 Å². The fraction of sp³-hybridized carbons (Fsp3) is 0.333. The van der Waals surface area contributed by atoms with Crippen molar-refractivity contribution in [3.8, 4) is 0 Å². The predicted molar refractivity (Wildman–Crippen MR) is 65.8 cm³/mol. The molecule has 78 valence electrons. The lowest BCUT2D eigenvalue weighted by atomic mass is 9.98. The van der Waals surface area contributed by atoms with E-state index in [9.17, 15) is 0 Å². The Kier molecular flexibility index (Phi) is 7.17. The molecule has 0 bridgehead atoms. The average Bonchev–Trinajstić information content (AvgIpc) is 2.19. The summed E-state index contributed by atoms with van der Waals surface area (Å²) in [5.74, 6) is 0. The van der Waals surface area contributed by atoms with Crippen LogP contribution in [0.3, 0.4) is 0 Å². The van der Waals surface area contributed by atoms with Gasteiger partial charge >= 0.3 is 0 Å². The zero-order chi connectivity index (χ0) is 9.52. The third kappa shape index (κ3) is 3.95. The summed E-state index contributed by atoms with van der Waals surface area (Å²) >= 11 is 0. The van der Waals surface area contributed by atoms with Crippen molar-refractivity contribution in [1.29, 1.82) is 0 Å². The molecule has 0 amide bonds. The van der Waals surface area contributed by atoms with Gasteiger partial charge in [-0.15, -0.1) is 12.4 Å². The molecule has 0 radical (unpaired) electrons. The Labute approximate surface area is 92.4 Å². The first kappa shape index (κ1) is 13.2. The minimum atomic E-state index is 0. The summed E-state index contributed by atoms with van der Waals surface area (Å²) in [6.45, 7) is 2.65. The topological polar surface area (TPSA) is 26.0 Å². The second kappa shape index (κ2) is 7.60. The second-order valence-corrected chi connectivity index (χ2v) is 3.05. The Balaban J connectivity index is 0.000000381. The zero-order valence-electron chi connectivity index (χ0n) is 8.57. The molecule has 1 aromatic carbocycles. The monoisotopic (exact) mass is 211 g/mol. The summed E-state index contributed by atoms with van der Waals surface area (Å²) in [7, 11) is 0. The number of halogens is 1. The molecule has 1 aromatic rings.